The van der Waals surface area contributed by atoms with Gasteiger partial charge in [-0.1, -0.05) is 369 Å². The molecule has 0 aromatic heterocycles. The van der Waals surface area contributed by atoms with E-state index in [0.717, 1.165) is 102 Å². The van der Waals surface area contributed by atoms with Crippen molar-refractivity contribution in [2.75, 3.05) is 39.6 Å². The van der Waals surface area contributed by atoms with Crippen molar-refractivity contribution < 1.29 is 80.2 Å². The lowest BCUT2D eigenvalue weighted by molar-refractivity contribution is -0.161. The molecule has 0 aromatic carbocycles. The Balaban J connectivity index is 5.08. The maximum Gasteiger partial charge on any atom is 0.472 e. The molecule has 3 N–H and O–H groups in total. The Morgan fingerprint density at radius 3 is 0.694 bits per heavy atom. The highest BCUT2D eigenvalue weighted by atomic mass is 31.2. The molecule has 0 aliphatic rings. The van der Waals surface area contributed by atoms with Gasteiger partial charge in [-0.05, 0) is 31.6 Å². The fourth-order valence-corrected chi connectivity index (χ4v) is 13.8. The summed E-state index contributed by atoms with van der Waals surface area (Å²) < 4.78 is 68.3. The van der Waals surface area contributed by atoms with E-state index in [2.05, 4.69) is 34.6 Å². The van der Waals surface area contributed by atoms with Crippen molar-refractivity contribution in [1.82, 2.24) is 0 Å². The highest BCUT2D eigenvalue weighted by Crippen LogP contribution is 2.45. The third-order valence-corrected chi connectivity index (χ3v) is 20.4. The van der Waals surface area contributed by atoms with Gasteiger partial charge in [0, 0.05) is 25.7 Å². The molecule has 2 unspecified atom stereocenters. The molecule has 0 aliphatic carbocycles. The number of carbonyl (C=O) groups is 4. The minimum atomic E-state index is -4.96. The molecular formula is C79H154O17P2. The first-order valence-electron chi connectivity index (χ1n) is 41.1. The van der Waals surface area contributed by atoms with E-state index in [9.17, 15) is 43.2 Å². The van der Waals surface area contributed by atoms with Crippen LogP contribution in [0.3, 0.4) is 0 Å². The number of phosphoric ester groups is 2. The van der Waals surface area contributed by atoms with Crippen LogP contribution in [0.5, 0.6) is 0 Å². The molecule has 0 spiro atoms. The smallest absolute Gasteiger partial charge is 0.462 e. The number of unbranched alkanes of at least 4 members (excludes halogenated alkanes) is 51. The van der Waals surface area contributed by atoms with Crippen LogP contribution in [0.1, 0.15) is 420 Å². The second-order valence-corrected chi connectivity index (χ2v) is 31.8. The van der Waals surface area contributed by atoms with Gasteiger partial charge in [-0.2, -0.15) is 0 Å². The topological polar surface area (TPSA) is 237 Å². The van der Waals surface area contributed by atoms with Gasteiger partial charge in [-0.15, -0.1) is 0 Å². The molecule has 0 fully saturated rings. The Morgan fingerprint density at radius 1 is 0.276 bits per heavy atom. The second kappa shape index (κ2) is 72.0. The van der Waals surface area contributed by atoms with E-state index in [1.807, 2.05) is 0 Å². The van der Waals surface area contributed by atoms with Gasteiger partial charge in [0.25, 0.3) is 0 Å². The number of phosphoric acid groups is 2. The Hall–Kier alpha value is -1.94. The van der Waals surface area contributed by atoms with Gasteiger partial charge in [0.15, 0.2) is 12.2 Å². The van der Waals surface area contributed by atoms with E-state index in [4.69, 9.17) is 37.0 Å². The highest BCUT2D eigenvalue weighted by molar-refractivity contribution is 7.47. The van der Waals surface area contributed by atoms with E-state index in [0.29, 0.717) is 25.7 Å². The van der Waals surface area contributed by atoms with E-state index in [-0.39, 0.29) is 25.7 Å². The summed E-state index contributed by atoms with van der Waals surface area (Å²) >= 11 is 0. The Kier molecular flexibility index (Phi) is 70.6. The summed E-state index contributed by atoms with van der Waals surface area (Å²) in [4.78, 5) is 72.5. The van der Waals surface area contributed by atoms with Crippen molar-refractivity contribution >= 4 is 39.5 Å². The molecule has 0 bridgehead atoms. The standard InChI is InChI=1S/C79H154O17P2/c1-6-9-12-15-17-19-21-22-23-24-25-26-27-28-33-36-39-42-46-50-55-60-65-79(84)96-75(69-90-77(82)63-58-53-48-45-41-38-35-32-30-29-31-34-37-40-43-47-52-56-61-72(4)5)71-94-98(87,88)92-67-73(80)66-91-97(85,86)93-70-74(68-89-76(81)62-57-51-14-11-8-3)95-78(83)64-59-54-49-44-20-18-16-13-10-7-2/h72-75,80H,6-71H2,1-5H3,(H,85,86)(H,87,88)/t73-,74+,75+/m0/s1. The minimum absolute atomic E-state index is 0.106. The van der Waals surface area contributed by atoms with Crippen LogP contribution >= 0.6 is 15.6 Å². The molecule has 0 aromatic rings. The fourth-order valence-electron chi connectivity index (χ4n) is 12.2. The quantitative estimate of drug-likeness (QED) is 0.0222. The molecule has 19 heteroatoms. The molecule has 0 rings (SSSR count). The Morgan fingerprint density at radius 2 is 0.469 bits per heavy atom. The van der Waals surface area contributed by atoms with Crippen molar-refractivity contribution in [1.29, 1.82) is 0 Å². The van der Waals surface area contributed by atoms with Gasteiger partial charge in [-0.25, -0.2) is 9.13 Å². The monoisotopic (exact) mass is 1440 g/mol. The average Bonchev–Trinajstić information content (AvgIpc) is 1.03. The van der Waals surface area contributed by atoms with Crippen LogP contribution in [-0.4, -0.2) is 96.7 Å². The third kappa shape index (κ3) is 72.4. The predicted molar refractivity (Wildman–Crippen MR) is 400 cm³/mol. The summed E-state index contributed by atoms with van der Waals surface area (Å²) in [7, 11) is -9.90. The number of esters is 4. The lowest BCUT2D eigenvalue weighted by Gasteiger charge is -2.21. The van der Waals surface area contributed by atoms with Crippen molar-refractivity contribution in [2.24, 2.45) is 5.92 Å². The van der Waals surface area contributed by atoms with Crippen LogP contribution in [0, 0.1) is 5.92 Å². The maximum absolute atomic E-state index is 13.1. The minimum Gasteiger partial charge on any atom is -0.462 e. The zero-order chi connectivity index (χ0) is 71.9. The number of ether oxygens (including phenoxy) is 4. The molecule has 582 valence electrons. The fraction of sp³-hybridized carbons (Fsp3) is 0.949. The van der Waals surface area contributed by atoms with E-state index in [1.165, 1.54) is 238 Å². The molecule has 0 saturated carbocycles. The Labute approximate surface area is 600 Å². The van der Waals surface area contributed by atoms with E-state index in [1.54, 1.807) is 0 Å². The van der Waals surface area contributed by atoms with Gasteiger partial charge < -0.3 is 33.8 Å². The summed E-state index contributed by atoms with van der Waals surface area (Å²) in [5.41, 5.74) is 0. The number of hydrogen-bond donors (Lipinski definition) is 3. The number of rotatable bonds is 79. The van der Waals surface area contributed by atoms with Gasteiger partial charge in [0.1, 0.15) is 19.3 Å². The maximum atomic E-state index is 13.1. The van der Waals surface area contributed by atoms with Crippen LogP contribution in [0.15, 0.2) is 0 Å². The van der Waals surface area contributed by atoms with Crippen LogP contribution in [0.4, 0.5) is 0 Å². The first kappa shape index (κ1) is 96.1. The molecule has 17 nitrogen and oxygen atoms in total. The first-order valence-corrected chi connectivity index (χ1v) is 44.1. The lowest BCUT2D eigenvalue weighted by atomic mass is 10.0. The highest BCUT2D eigenvalue weighted by Gasteiger charge is 2.30. The normalized spacial score (nSPS) is 13.9. The number of hydrogen-bond acceptors (Lipinski definition) is 15. The molecule has 0 aliphatic heterocycles. The number of aliphatic hydroxyl groups excluding tert-OH is 1. The van der Waals surface area contributed by atoms with Gasteiger partial charge in [0.2, 0.25) is 0 Å². The van der Waals surface area contributed by atoms with Crippen LogP contribution < -0.4 is 0 Å². The first-order chi connectivity index (χ1) is 47.5. The van der Waals surface area contributed by atoms with E-state index >= 15 is 0 Å². The Bertz CT molecular complexity index is 1870. The van der Waals surface area contributed by atoms with Gasteiger partial charge in [-0.3, -0.25) is 37.3 Å². The predicted octanol–water partition coefficient (Wildman–Crippen LogP) is 23.6. The largest absolute Gasteiger partial charge is 0.472 e. The zero-order valence-electron chi connectivity index (χ0n) is 63.9. The summed E-state index contributed by atoms with van der Waals surface area (Å²) in [6.07, 6.45) is 63.2. The molecule has 0 amide bonds. The summed E-state index contributed by atoms with van der Waals surface area (Å²) in [5.74, 6) is -1.30. The summed E-state index contributed by atoms with van der Waals surface area (Å²) in [6, 6.07) is 0. The van der Waals surface area contributed by atoms with Crippen molar-refractivity contribution in [3.63, 3.8) is 0 Å². The van der Waals surface area contributed by atoms with Gasteiger partial charge in [0.05, 0.1) is 26.4 Å². The van der Waals surface area contributed by atoms with Crippen molar-refractivity contribution in [2.45, 2.75) is 438 Å². The number of carbonyl (C=O) groups excluding carboxylic acids is 4. The summed E-state index contributed by atoms with van der Waals surface area (Å²) in [5, 5.41) is 10.6. The molecular weight excluding hydrogens is 1280 g/mol. The van der Waals surface area contributed by atoms with E-state index < -0.39 is 97.5 Å². The van der Waals surface area contributed by atoms with Crippen LogP contribution in [0.25, 0.3) is 0 Å². The van der Waals surface area contributed by atoms with Crippen LogP contribution in [-0.2, 0) is 65.4 Å². The second-order valence-electron chi connectivity index (χ2n) is 28.9. The average molecular weight is 1440 g/mol. The molecule has 98 heavy (non-hydrogen) atoms. The zero-order valence-corrected chi connectivity index (χ0v) is 65.7. The molecule has 0 heterocycles. The third-order valence-electron chi connectivity index (χ3n) is 18.5. The summed E-state index contributed by atoms with van der Waals surface area (Å²) in [6.45, 7) is 7.24. The molecule has 5 atom stereocenters. The lowest BCUT2D eigenvalue weighted by Crippen LogP contribution is -2.30. The SMILES string of the molecule is CCCCCCCCCCCCCCCCCCCCCCCCC(=O)O[C@H](COC(=O)CCCCCCCCCCCCCCCCCCCCC(C)C)COP(=O)(O)OC[C@@H](O)COP(=O)(O)OC[C@@H](COC(=O)CCCCCCC)OC(=O)CCCCCCCCCCCC. The van der Waals surface area contributed by atoms with Crippen LogP contribution in [0.2, 0.25) is 0 Å². The number of aliphatic hydroxyl groups is 1. The van der Waals surface area contributed by atoms with Crippen molar-refractivity contribution in [3.8, 4) is 0 Å². The molecule has 0 saturated heterocycles. The van der Waals surface area contributed by atoms with Crippen molar-refractivity contribution in [3.05, 3.63) is 0 Å². The van der Waals surface area contributed by atoms with Gasteiger partial charge >= 0.3 is 39.5 Å². The molecule has 0 radical (unpaired) electrons.